The minimum atomic E-state index is -0.156. The van der Waals surface area contributed by atoms with Crippen LogP contribution in [0.3, 0.4) is 0 Å². The Hall–Kier alpha value is -3.08. The predicted octanol–water partition coefficient (Wildman–Crippen LogP) is 3.95. The lowest BCUT2D eigenvalue weighted by Gasteiger charge is -2.10. The molecular formula is C20H19N3O2. The van der Waals surface area contributed by atoms with Crippen LogP contribution in [0.2, 0.25) is 0 Å². The number of carbonyl (C=O) groups excluding carboxylic acids is 1. The van der Waals surface area contributed by atoms with Gasteiger partial charge in [-0.25, -0.2) is 0 Å². The average molecular weight is 333 g/mol. The number of anilines is 1. The lowest BCUT2D eigenvalue weighted by atomic mass is 10.2. The Morgan fingerprint density at radius 2 is 1.88 bits per heavy atom. The second-order valence-corrected chi connectivity index (χ2v) is 6.15. The van der Waals surface area contributed by atoms with E-state index in [9.17, 15) is 4.79 Å². The molecule has 1 heterocycles. The van der Waals surface area contributed by atoms with E-state index in [1.54, 1.807) is 16.8 Å². The van der Waals surface area contributed by atoms with E-state index in [2.05, 4.69) is 10.4 Å². The van der Waals surface area contributed by atoms with Gasteiger partial charge in [0.05, 0.1) is 5.69 Å². The Labute approximate surface area is 146 Å². The molecule has 1 N–H and O–H groups in total. The second-order valence-electron chi connectivity index (χ2n) is 6.15. The second kappa shape index (κ2) is 6.43. The van der Waals surface area contributed by atoms with Crippen molar-refractivity contribution in [3.8, 4) is 11.5 Å². The van der Waals surface area contributed by atoms with Gasteiger partial charge in [0.1, 0.15) is 17.3 Å². The van der Waals surface area contributed by atoms with Crippen molar-refractivity contribution in [1.29, 1.82) is 0 Å². The highest BCUT2D eigenvalue weighted by atomic mass is 16.5. The Morgan fingerprint density at radius 3 is 2.72 bits per heavy atom. The molecule has 0 bridgehead atoms. The largest absolute Gasteiger partial charge is 0.457 e. The van der Waals surface area contributed by atoms with Gasteiger partial charge in [-0.3, -0.25) is 9.48 Å². The van der Waals surface area contributed by atoms with E-state index in [1.807, 2.05) is 49.5 Å². The first-order valence-electron chi connectivity index (χ1n) is 8.40. The zero-order valence-electron chi connectivity index (χ0n) is 14.0. The number of aromatic nitrogens is 2. The van der Waals surface area contributed by atoms with Crippen LogP contribution in [-0.4, -0.2) is 15.7 Å². The van der Waals surface area contributed by atoms with Crippen LogP contribution in [0.25, 0.3) is 0 Å². The van der Waals surface area contributed by atoms with Crippen molar-refractivity contribution in [1.82, 2.24) is 9.78 Å². The van der Waals surface area contributed by atoms with Gasteiger partial charge in [-0.05, 0) is 49.6 Å². The number of rotatable bonds is 4. The summed E-state index contributed by atoms with van der Waals surface area (Å²) in [7, 11) is 1.86. The van der Waals surface area contributed by atoms with Gasteiger partial charge in [0.2, 0.25) is 0 Å². The summed E-state index contributed by atoms with van der Waals surface area (Å²) in [6.45, 7) is 0. The molecule has 1 amide bonds. The number of nitrogens with zero attached hydrogens (tertiary/aromatic N) is 2. The molecule has 0 saturated heterocycles. The van der Waals surface area contributed by atoms with Crippen LogP contribution in [0, 0.1) is 0 Å². The summed E-state index contributed by atoms with van der Waals surface area (Å²) in [5.74, 6) is 2.02. The minimum absolute atomic E-state index is 0.156. The van der Waals surface area contributed by atoms with Crippen LogP contribution in [0.15, 0.2) is 54.6 Å². The number of nitrogens with one attached hydrogen (secondary N) is 1. The molecule has 0 radical (unpaired) electrons. The third-order valence-corrected chi connectivity index (χ3v) is 4.38. The van der Waals surface area contributed by atoms with Gasteiger partial charge in [0.15, 0.2) is 0 Å². The van der Waals surface area contributed by atoms with Crippen molar-refractivity contribution in [2.45, 2.75) is 19.3 Å². The van der Waals surface area contributed by atoms with Crippen molar-refractivity contribution < 1.29 is 9.53 Å². The molecule has 5 nitrogen and oxygen atoms in total. The van der Waals surface area contributed by atoms with Gasteiger partial charge < -0.3 is 10.1 Å². The van der Waals surface area contributed by atoms with Crippen LogP contribution in [0.4, 0.5) is 5.82 Å². The molecule has 1 aliphatic rings. The Kier molecular flexibility index (Phi) is 3.98. The van der Waals surface area contributed by atoms with Gasteiger partial charge in [-0.15, -0.1) is 0 Å². The van der Waals surface area contributed by atoms with Crippen LogP contribution in [0.5, 0.6) is 11.5 Å². The summed E-state index contributed by atoms with van der Waals surface area (Å²) < 4.78 is 7.56. The maximum atomic E-state index is 12.7. The molecule has 3 aromatic rings. The third kappa shape index (κ3) is 3.13. The molecule has 0 fully saturated rings. The monoisotopic (exact) mass is 333 g/mol. The van der Waals surface area contributed by atoms with E-state index in [0.717, 1.165) is 42.1 Å². The van der Waals surface area contributed by atoms with E-state index >= 15 is 0 Å². The summed E-state index contributed by atoms with van der Waals surface area (Å²) in [5.41, 5.74) is 2.81. The standard InChI is InChI=1S/C20H19N3O2/c1-23-19(17-11-6-12-18(17)22-23)21-20(24)14-7-5-10-16(13-14)25-15-8-3-2-4-9-15/h2-5,7-10,13H,6,11-12H2,1H3,(H,21,24). The van der Waals surface area contributed by atoms with Gasteiger partial charge >= 0.3 is 0 Å². The molecule has 5 heteroatoms. The molecule has 0 atom stereocenters. The fourth-order valence-corrected chi connectivity index (χ4v) is 3.18. The van der Waals surface area contributed by atoms with Crippen molar-refractivity contribution in [2.75, 3.05) is 5.32 Å². The Bertz CT molecular complexity index is 916. The van der Waals surface area contributed by atoms with Crippen molar-refractivity contribution in [3.63, 3.8) is 0 Å². The summed E-state index contributed by atoms with van der Waals surface area (Å²) in [6, 6.07) is 16.7. The van der Waals surface area contributed by atoms with Crippen LogP contribution in [0.1, 0.15) is 28.0 Å². The number of benzene rings is 2. The van der Waals surface area contributed by atoms with E-state index in [4.69, 9.17) is 4.74 Å². The summed E-state index contributed by atoms with van der Waals surface area (Å²) in [4.78, 5) is 12.7. The van der Waals surface area contributed by atoms with Gasteiger partial charge in [-0.1, -0.05) is 24.3 Å². The normalized spacial score (nSPS) is 12.7. The fraction of sp³-hybridized carbons (Fsp3) is 0.200. The first kappa shape index (κ1) is 15.4. The number of amides is 1. The fourth-order valence-electron chi connectivity index (χ4n) is 3.18. The van der Waals surface area contributed by atoms with E-state index in [0.29, 0.717) is 11.3 Å². The molecule has 0 aliphatic heterocycles. The number of carbonyl (C=O) groups is 1. The topological polar surface area (TPSA) is 56.2 Å². The van der Waals surface area contributed by atoms with Crippen LogP contribution in [-0.2, 0) is 19.9 Å². The van der Waals surface area contributed by atoms with Gasteiger partial charge in [-0.2, -0.15) is 5.10 Å². The highest BCUT2D eigenvalue weighted by molar-refractivity contribution is 6.04. The smallest absolute Gasteiger partial charge is 0.256 e. The molecule has 1 aromatic heterocycles. The zero-order valence-corrected chi connectivity index (χ0v) is 14.0. The minimum Gasteiger partial charge on any atom is -0.457 e. The van der Waals surface area contributed by atoms with Gasteiger partial charge in [0.25, 0.3) is 5.91 Å². The number of fused-ring (bicyclic) bond motifs is 1. The molecule has 0 saturated carbocycles. The molecule has 25 heavy (non-hydrogen) atoms. The summed E-state index contributed by atoms with van der Waals surface area (Å²) >= 11 is 0. The summed E-state index contributed by atoms with van der Waals surface area (Å²) in [6.07, 6.45) is 3.05. The van der Waals surface area contributed by atoms with Crippen LogP contribution < -0.4 is 10.1 Å². The highest BCUT2D eigenvalue weighted by Gasteiger charge is 2.22. The maximum Gasteiger partial charge on any atom is 0.256 e. The molecule has 0 unspecified atom stereocenters. The number of hydrogen-bond acceptors (Lipinski definition) is 3. The highest BCUT2D eigenvalue weighted by Crippen LogP contribution is 2.29. The van der Waals surface area contributed by atoms with E-state index < -0.39 is 0 Å². The lowest BCUT2D eigenvalue weighted by Crippen LogP contribution is -2.15. The molecule has 2 aromatic carbocycles. The molecular weight excluding hydrogens is 314 g/mol. The first-order valence-corrected chi connectivity index (χ1v) is 8.40. The van der Waals surface area contributed by atoms with Crippen molar-refractivity contribution >= 4 is 11.7 Å². The molecule has 126 valence electrons. The maximum absolute atomic E-state index is 12.7. The summed E-state index contributed by atoms with van der Waals surface area (Å²) in [5, 5.41) is 7.49. The predicted molar refractivity (Wildman–Crippen MR) is 96.1 cm³/mol. The number of para-hydroxylation sites is 1. The Balaban J connectivity index is 1.54. The van der Waals surface area contributed by atoms with E-state index in [-0.39, 0.29) is 5.91 Å². The SMILES string of the molecule is Cn1nc2c(c1NC(=O)c1cccc(Oc3ccccc3)c1)CCC2. The van der Waals surface area contributed by atoms with Crippen LogP contribution >= 0.6 is 0 Å². The quantitative estimate of drug-likeness (QED) is 0.786. The number of ether oxygens (including phenoxy) is 1. The lowest BCUT2D eigenvalue weighted by molar-refractivity contribution is 0.102. The third-order valence-electron chi connectivity index (χ3n) is 4.38. The molecule has 0 spiro atoms. The molecule has 4 rings (SSSR count). The van der Waals surface area contributed by atoms with Crippen molar-refractivity contribution in [3.05, 3.63) is 71.4 Å². The first-order chi connectivity index (χ1) is 12.2. The molecule has 1 aliphatic carbocycles. The average Bonchev–Trinajstić information content (AvgIpc) is 3.18. The number of hydrogen-bond donors (Lipinski definition) is 1. The van der Waals surface area contributed by atoms with Gasteiger partial charge in [0, 0.05) is 18.2 Å². The number of aryl methyl sites for hydroxylation is 2. The van der Waals surface area contributed by atoms with Crippen molar-refractivity contribution in [2.24, 2.45) is 7.05 Å². The zero-order chi connectivity index (χ0) is 17.2. The van der Waals surface area contributed by atoms with E-state index in [1.165, 1.54) is 0 Å². The Morgan fingerprint density at radius 1 is 1.08 bits per heavy atom.